The van der Waals surface area contributed by atoms with Crippen LogP contribution in [0, 0.1) is 25.2 Å². The molecule has 0 spiro atoms. The normalized spacial score (nSPS) is 19.4. The van der Waals surface area contributed by atoms with Crippen LogP contribution in [0.1, 0.15) is 72.9 Å². The molecular weight excluding hydrogens is 378 g/mol. The number of amides is 1. The monoisotopic (exact) mass is 409 g/mol. The lowest BCUT2D eigenvalue weighted by Gasteiger charge is -2.37. The van der Waals surface area contributed by atoms with Gasteiger partial charge in [0.25, 0.3) is 5.91 Å². The molecule has 1 aliphatic rings. The fourth-order valence-corrected chi connectivity index (χ4v) is 4.63. The highest BCUT2D eigenvalue weighted by atomic mass is 16.5. The van der Waals surface area contributed by atoms with Crippen molar-refractivity contribution in [1.82, 2.24) is 9.97 Å². The van der Waals surface area contributed by atoms with Crippen LogP contribution in [-0.4, -0.2) is 29.0 Å². The van der Waals surface area contributed by atoms with Crippen LogP contribution in [0.3, 0.4) is 0 Å². The van der Waals surface area contributed by atoms with Crippen molar-refractivity contribution in [3.05, 3.63) is 46.9 Å². The molecule has 1 aromatic heterocycles. The van der Waals surface area contributed by atoms with Gasteiger partial charge in [-0.3, -0.25) is 14.6 Å². The molecule has 1 fully saturated rings. The van der Waals surface area contributed by atoms with Crippen LogP contribution in [0.2, 0.25) is 0 Å². The molecule has 0 atom stereocenters. The molecule has 0 radical (unpaired) electrons. The van der Waals surface area contributed by atoms with Crippen LogP contribution >= 0.6 is 0 Å². The van der Waals surface area contributed by atoms with Crippen molar-refractivity contribution in [2.45, 2.75) is 59.3 Å². The minimum absolute atomic E-state index is 0.125. The first-order chi connectivity index (χ1) is 14.1. The summed E-state index contributed by atoms with van der Waals surface area (Å²) < 4.78 is 5.00. The van der Waals surface area contributed by atoms with Gasteiger partial charge < -0.3 is 10.5 Å². The second-order valence-corrected chi connectivity index (χ2v) is 8.84. The number of aromatic nitrogens is 2. The Kier molecular flexibility index (Phi) is 6.25. The molecule has 1 saturated carbocycles. The topological polar surface area (TPSA) is 95.2 Å². The highest BCUT2D eigenvalue weighted by molar-refractivity contribution is 5.92. The van der Waals surface area contributed by atoms with Gasteiger partial charge >= 0.3 is 5.97 Å². The summed E-state index contributed by atoms with van der Waals surface area (Å²) in [5, 5.41) is 0. The zero-order chi connectivity index (χ0) is 22.1. The van der Waals surface area contributed by atoms with Crippen molar-refractivity contribution in [3.8, 4) is 11.3 Å². The number of hydrogen-bond donors (Lipinski definition) is 1. The third kappa shape index (κ3) is 4.23. The molecular formula is C24H31N3O3. The maximum absolute atomic E-state index is 12.1. The number of aryl methyl sites for hydroxylation is 2. The van der Waals surface area contributed by atoms with E-state index in [1.54, 1.807) is 6.92 Å². The van der Waals surface area contributed by atoms with Crippen LogP contribution in [0.25, 0.3) is 11.3 Å². The lowest BCUT2D eigenvalue weighted by atomic mass is 9.67. The maximum Gasteiger partial charge on any atom is 0.311 e. The number of benzene rings is 1. The second-order valence-electron chi connectivity index (χ2n) is 8.84. The van der Waals surface area contributed by atoms with E-state index >= 15 is 0 Å². The first-order valence-corrected chi connectivity index (χ1v) is 10.5. The number of nitrogens with zero attached hydrogens (tertiary/aromatic N) is 2. The Morgan fingerprint density at radius 3 is 2.13 bits per heavy atom. The number of rotatable bonds is 5. The van der Waals surface area contributed by atoms with Crippen LogP contribution in [-0.2, 0) is 9.53 Å². The maximum atomic E-state index is 12.1. The molecule has 6 nitrogen and oxygen atoms in total. The van der Waals surface area contributed by atoms with E-state index in [1.807, 2.05) is 32.9 Å². The predicted molar refractivity (Wildman–Crippen MR) is 116 cm³/mol. The molecule has 1 heterocycles. The molecule has 2 aromatic rings. The molecule has 1 aliphatic carbocycles. The third-order valence-corrected chi connectivity index (χ3v) is 6.59. The van der Waals surface area contributed by atoms with Crippen molar-refractivity contribution >= 4 is 11.9 Å². The van der Waals surface area contributed by atoms with Crippen molar-refractivity contribution in [3.63, 3.8) is 0 Å². The van der Waals surface area contributed by atoms with Gasteiger partial charge in [0.15, 0.2) is 0 Å². The molecule has 30 heavy (non-hydrogen) atoms. The van der Waals surface area contributed by atoms with Gasteiger partial charge in [0.1, 0.15) is 5.69 Å². The first-order valence-electron chi connectivity index (χ1n) is 10.5. The van der Waals surface area contributed by atoms with Crippen LogP contribution < -0.4 is 5.73 Å². The van der Waals surface area contributed by atoms with Gasteiger partial charge in [0.05, 0.1) is 29.6 Å². The second kappa shape index (κ2) is 8.54. The summed E-state index contributed by atoms with van der Waals surface area (Å²) >= 11 is 0. The molecule has 6 heteroatoms. The number of carbonyl (C=O) groups is 2. The molecule has 3 rings (SSSR count). The summed E-state index contributed by atoms with van der Waals surface area (Å²) in [5.41, 5.74) is 9.43. The zero-order valence-electron chi connectivity index (χ0n) is 18.5. The number of ether oxygens (including phenoxy) is 1. The number of methoxy groups -OCH3 is 1. The summed E-state index contributed by atoms with van der Waals surface area (Å²) in [4.78, 5) is 32.6. The van der Waals surface area contributed by atoms with Crippen molar-refractivity contribution in [1.29, 1.82) is 0 Å². The Hall–Kier alpha value is -2.76. The van der Waals surface area contributed by atoms with Crippen LogP contribution in [0.5, 0.6) is 0 Å². The Labute approximate surface area is 178 Å². The Bertz CT molecular complexity index is 943. The average Bonchev–Trinajstić information content (AvgIpc) is 2.73. The van der Waals surface area contributed by atoms with E-state index in [9.17, 15) is 9.59 Å². The quantitative estimate of drug-likeness (QED) is 0.742. The summed E-state index contributed by atoms with van der Waals surface area (Å²) in [5.74, 6) is 0.137. The number of nitrogens with two attached hydrogens (primary N) is 1. The smallest absolute Gasteiger partial charge is 0.311 e. The lowest BCUT2D eigenvalue weighted by Crippen LogP contribution is -2.36. The molecule has 0 saturated heterocycles. The van der Waals surface area contributed by atoms with Gasteiger partial charge in [-0.15, -0.1) is 0 Å². The number of carbonyl (C=O) groups excluding carboxylic acids is 2. The van der Waals surface area contributed by atoms with E-state index in [0.717, 1.165) is 36.9 Å². The Morgan fingerprint density at radius 1 is 1.00 bits per heavy atom. The summed E-state index contributed by atoms with van der Waals surface area (Å²) in [6.45, 7) is 7.61. The van der Waals surface area contributed by atoms with Gasteiger partial charge in [0, 0.05) is 5.56 Å². The lowest BCUT2D eigenvalue weighted by molar-refractivity contribution is -0.154. The molecule has 0 aliphatic heterocycles. The Balaban J connectivity index is 1.74. The highest BCUT2D eigenvalue weighted by Crippen LogP contribution is 2.44. The molecule has 2 N–H and O–H groups in total. The fourth-order valence-electron chi connectivity index (χ4n) is 4.63. The van der Waals surface area contributed by atoms with Crippen LogP contribution in [0.15, 0.2) is 24.3 Å². The standard InChI is InChI=1S/C24H31N3O3/c1-14-20(27-21(22(25)28)15(2)26-14)18-8-6-16(7-9-18)17-10-12-19(13-11-17)24(3,4)23(29)30-5/h6-9,17,19H,10-13H2,1-5H3,(H2,25,28). The van der Waals surface area contributed by atoms with E-state index in [1.165, 1.54) is 12.7 Å². The first kappa shape index (κ1) is 21.9. The SMILES string of the molecule is COC(=O)C(C)(C)C1CCC(c2ccc(-c3nc(C(N)=O)c(C)nc3C)cc2)CC1. The minimum Gasteiger partial charge on any atom is -0.469 e. The van der Waals surface area contributed by atoms with Crippen molar-refractivity contribution < 1.29 is 14.3 Å². The molecule has 1 amide bonds. The minimum atomic E-state index is -0.565. The molecule has 160 valence electrons. The van der Waals surface area contributed by atoms with Crippen LogP contribution in [0.4, 0.5) is 0 Å². The van der Waals surface area contributed by atoms with Gasteiger partial charge in [0.2, 0.25) is 0 Å². The predicted octanol–water partition coefficient (Wildman–Crippen LogP) is 4.33. The van der Waals surface area contributed by atoms with Gasteiger partial charge in [-0.2, -0.15) is 0 Å². The molecule has 0 unspecified atom stereocenters. The summed E-state index contributed by atoms with van der Waals surface area (Å²) in [6, 6.07) is 8.35. The van der Waals surface area contributed by atoms with E-state index in [-0.39, 0.29) is 11.7 Å². The number of esters is 1. The fraction of sp³-hybridized carbons (Fsp3) is 0.500. The third-order valence-electron chi connectivity index (χ3n) is 6.59. The Morgan fingerprint density at radius 2 is 1.60 bits per heavy atom. The molecule has 1 aromatic carbocycles. The van der Waals surface area contributed by atoms with E-state index in [0.29, 0.717) is 23.2 Å². The number of hydrogen-bond acceptors (Lipinski definition) is 5. The van der Waals surface area contributed by atoms with Gasteiger partial charge in [-0.05, 0) is 70.8 Å². The highest BCUT2D eigenvalue weighted by Gasteiger charge is 2.39. The van der Waals surface area contributed by atoms with E-state index < -0.39 is 11.3 Å². The average molecular weight is 410 g/mol. The zero-order valence-corrected chi connectivity index (χ0v) is 18.5. The molecule has 0 bridgehead atoms. The number of primary amides is 1. The van der Waals surface area contributed by atoms with E-state index in [4.69, 9.17) is 10.5 Å². The largest absolute Gasteiger partial charge is 0.469 e. The van der Waals surface area contributed by atoms with Crippen molar-refractivity contribution in [2.24, 2.45) is 17.1 Å². The summed E-state index contributed by atoms with van der Waals surface area (Å²) in [6.07, 6.45) is 4.14. The van der Waals surface area contributed by atoms with E-state index in [2.05, 4.69) is 22.1 Å². The van der Waals surface area contributed by atoms with Gasteiger partial charge in [-0.25, -0.2) is 4.98 Å². The summed E-state index contributed by atoms with van der Waals surface area (Å²) in [7, 11) is 1.46. The van der Waals surface area contributed by atoms with Crippen molar-refractivity contribution in [2.75, 3.05) is 7.11 Å². The van der Waals surface area contributed by atoms with Gasteiger partial charge in [-0.1, -0.05) is 24.3 Å².